The quantitative estimate of drug-likeness (QED) is 0.743. The fourth-order valence-electron chi connectivity index (χ4n) is 2.39. The first-order valence-electron chi connectivity index (χ1n) is 7.42. The van der Waals surface area contributed by atoms with Gasteiger partial charge in [0.05, 0.1) is 6.54 Å². The molecule has 1 aliphatic rings. The van der Waals surface area contributed by atoms with Gasteiger partial charge in [-0.05, 0) is 17.5 Å². The largest absolute Gasteiger partial charge is 0.384 e. The Morgan fingerprint density at radius 2 is 2.00 bits per heavy atom. The highest BCUT2D eigenvalue weighted by atomic mass is 16.2. The molecule has 2 amide bonds. The smallest absolute Gasteiger partial charge is 0.239 e. The number of anilines is 1. The van der Waals surface area contributed by atoms with Crippen LogP contribution in [-0.2, 0) is 9.59 Å². The van der Waals surface area contributed by atoms with Crippen LogP contribution in [0.1, 0.15) is 31.7 Å². The lowest BCUT2D eigenvalue weighted by Crippen LogP contribution is -2.38. The van der Waals surface area contributed by atoms with Crippen LogP contribution >= 0.6 is 0 Å². The third-order valence-corrected chi connectivity index (χ3v) is 3.52. The monoisotopic (exact) mass is 289 g/mol. The molecule has 3 N–H and O–H groups in total. The molecule has 0 saturated carbocycles. The zero-order chi connectivity index (χ0) is 15.2. The third-order valence-electron chi connectivity index (χ3n) is 3.52. The average Bonchev–Trinajstić information content (AvgIpc) is 2.86. The highest BCUT2D eigenvalue weighted by Gasteiger charge is 2.23. The van der Waals surface area contributed by atoms with Crippen LogP contribution in [0.15, 0.2) is 24.3 Å². The summed E-state index contributed by atoms with van der Waals surface area (Å²) in [7, 11) is 0. The molecular formula is C16H23N3O2. The van der Waals surface area contributed by atoms with Crippen molar-refractivity contribution in [3.63, 3.8) is 0 Å². The van der Waals surface area contributed by atoms with Crippen molar-refractivity contribution in [1.29, 1.82) is 0 Å². The second-order valence-corrected chi connectivity index (χ2v) is 5.84. The van der Waals surface area contributed by atoms with Gasteiger partial charge in [0, 0.05) is 31.1 Å². The van der Waals surface area contributed by atoms with Gasteiger partial charge in [-0.2, -0.15) is 0 Å². The molecule has 0 spiro atoms. The van der Waals surface area contributed by atoms with Gasteiger partial charge in [-0.25, -0.2) is 0 Å². The average molecular weight is 289 g/mol. The molecular weight excluding hydrogens is 266 g/mol. The van der Waals surface area contributed by atoms with Crippen LogP contribution in [0.4, 0.5) is 5.69 Å². The van der Waals surface area contributed by atoms with Crippen molar-refractivity contribution in [2.45, 2.75) is 26.2 Å². The molecule has 1 atom stereocenters. The topological polar surface area (TPSA) is 70.2 Å². The van der Waals surface area contributed by atoms with Gasteiger partial charge in [0.25, 0.3) is 0 Å². The minimum Gasteiger partial charge on any atom is -0.384 e. The van der Waals surface area contributed by atoms with Gasteiger partial charge >= 0.3 is 0 Å². The Bertz CT molecular complexity index is 514. The van der Waals surface area contributed by atoms with E-state index in [0.717, 1.165) is 12.2 Å². The molecule has 21 heavy (non-hydrogen) atoms. The van der Waals surface area contributed by atoms with Crippen LogP contribution in [-0.4, -0.2) is 31.4 Å². The summed E-state index contributed by atoms with van der Waals surface area (Å²) in [5.74, 6) is 0.367. The number of carbonyl (C=O) groups excluding carboxylic acids is 2. The highest BCUT2D eigenvalue weighted by Crippen LogP contribution is 2.32. The number of amides is 2. The predicted molar refractivity (Wildman–Crippen MR) is 83.1 cm³/mol. The Hall–Kier alpha value is -2.04. The van der Waals surface area contributed by atoms with Crippen LogP contribution in [0.2, 0.25) is 0 Å². The normalized spacial score (nSPS) is 16.2. The summed E-state index contributed by atoms with van der Waals surface area (Å²) in [4.78, 5) is 23.5. The molecule has 1 unspecified atom stereocenters. The number of benzene rings is 1. The summed E-state index contributed by atoms with van der Waals surface area (Å²) in [6.45, 7) is 5.51. The van der Waals surface area contributed by atoms with E-state index in [0.29, 0.717) is 18.9 Å². The zero-order valence-corrected chi connectivity index (χ0v) is 12.6. The Balaban J connectivity index is 1.75. The predicted octanol–water partition coefficient (Wildman–Crippen LogP) is 1.47. The number of carbonyl (C=O) groups is 2. The molecule has 1 aromatic rings. The fraction of sp³-hybridized carbons (Fsp3) is 0.500. The SMILES string of the molecule is CC(C)CNC(=O)CNC(=O)CC1CNc2ccccc21. The van der Waals surface area contributed by atoms with E-state index >= 15 is 0 Å². The lowest BCUT2D eigenvalue weighted by molar-refractivity contribution is -0.126. The second kappa shape index (κ2) is 7.11. The maximum absolute atomic E-state index is 11.9. The minimum atomic E-state index is -0.137. The molecule has 1 aromatic carbocycles. The standard InChI is InChI=1S/C16H23N3O2/c1-11(2)8-18-16(21)10-19-15(20)7-12-9-17-14-6-4-3-5-13(12)14/h3-6,11-12,17H,7-10H2,1-2H3,(H,18,21)(H,19,20). The number of hydrogen-bond acceptors (Lipinski definition) is 3. The van der Waals surface area contributed by atoms with Crippen LogP contribution < -0.4 is 16.0 Å². The van der Waals surface area contributed by atoms with Crippen molar-refractivity contribution in [3.8, 4) is 0 Å². The van der Waals surface area contributed by atoms with E-state index in [4.69, 9.17) is 0 Å². The molecule has 114 valence electrons. The Morgan fingerprint density at radius 1 is 1.24 bits per heavy atom. The van der Waals surface area contributed by atoms with Gasteiger partial charge in [0.2, 0.25) is 11.8 Å². The van der Waals surface area contributed by atoms with E-state index in [1.807, 2.05) is 38.1 Å². The van der Waals surface area contributed by atoms with Crippen molar-refractivity contribution in [1.82, 2.24) is 10.6 Å². The molecule has 0 bridgehead atoms. The van der Waals surface area contributed by atoms with E-state index in [1.54, 1.807) is 0 Å². The van der Waals surface area contributed by atoms with Crippen molar-refractivity contribution in [2.75, 3.05) is 25.0 Å². The highest BCUT2D eigenvalue weighted by molar-refractivity contribution is 5.85. The maximum atomic E-state index is 11.9. The molecule has 0 saturated heterocycles. The maximum Gasteiger partial charge on any atom is 0.239 e. The molecule has 0 aromatic heterocycles. The van der Waals surface area contributed by atoms with E-state index in [2.05, 4.69) is 16.0 Å². The first kappa shape index (κ1) is 15.4. The molecule has 1 aliphatic heterocycles. The number of para-hydroxylation sites is 1. The Morgan fingerprint density at radius 3 is 2.76 bits per heavy atom. The van der Waals surface area contributed by atoms with Crippen molar-refractivity contribution in [2.24, 2.45) is 5.92 Å². The third kappa shape index (κ3) is 4.48. The molecule has 0 radical (unpaired) electrons. The van der Waals surface area contributed by atoms with Crippen molar-refractivity contribution in [3.05, 3.63) is 29.8 Å². The van der Waals surface area contributed by atoms with Crippen LogP contribution in [0.5, 0.6) is 0 Å². The molecule has 1 heterocycles. The summed E-state index contributed by atoms with van der Waals surface area (Å²) in [6.07, 6.45) is 0.404. The van der Waals surface area contributed by atoms with Gasteiger partial charge in [-0.15, -0.1) is 0 Å². The minimum absolute atomic E-state index is 0.0490. The van der Waals surface area contributed by atoms with Gasteiger partial charge in [0.1, 0.15) is 0 Å². The fourth-order valence-corrected chi connectivity index (χ4v) is 2.39. The number of rotatable bonds is 6. The lowest BCUT2D eigenvalue weighted by Gasteiger charge is -2.11. The molecule has 5 nitrogen and oxygen atoms in total. The van der Waals surface area contributed by atoms with Crippen LogP contribution in [0, 0.1) is 5.92 Å². The summed E-state index contributed by atoms with van der Waals surface area (Å²) in [5, 5.41) is 8.76. The Kier molecular flexibility index (Phi) is 5.20. The first-order chi connectivity index (χ1) is 10.1. The van der Waals surface area contributed by atoms with Gasteiger partial charge < -0.3 is 16.0 Å². The summed E-state index contributed by atoms with van der Waals surface area (Å²) < 4.78 is 0. The van der Waals surface area contributed by atoms with Crippen LogP contribution in [0.3, 0.4) is 0 Å². The molecule has 0 aliphatic carbocycles. The van der Waals surface area contributed by atoms with E-state index in [1.165, 1.54) is 5.56 Å². The molecule has 2 rings (SSSR count). The van der Waals surface area contributed by atoms with Gasteiger partial charge in [-0.1, -0.05) is 32.0 Å². The first-order valence-corrected chi connectivity index (χ1v) is 7.42. The van der Waals surface area contributed by atoms with Crippen LogP contribution in [0.25, 0.3) is 0 Å². The van der Waals surface area contributed by atoms with E-state index in [-0.39, 0.29) is 24.3 Å². The summed E-state index contributed by atoms with van der Waals surface area (Å²) in [6, 6.07) is 8.03. The number of nitrogens with one attached hydrogen (secondary N) is 3. The summed E-state index contributed by atoms with van der Waals surface area (Å²) in [5.41, 5.74) is 2.28. The Labute approximate surface area is 125 Å². The van der Waals surface area contributed by atoms with Crippen molar-refractivity contribution >= 4 is 17.5 Å². The zero-order valence-electron chi connectivity index (χ0n) is 12.6. The lowest BCUT2D eigenvalue weighted by atomic mass is 9.97. The van der Waals surface area contributed by atoms with Crippen molar-refractivity contribution < 1.29 is 9.59 Å². The summed E-state index contributed by atoms with van der Waals surface area (Å²) >= 11 is 0. The second-order valence-electron chi connectivity index (χ2n) is 5.84. The molecule has 0 fully saturated rings. The number of fused-ring (bicyclic) bond motifs is 1. The molecule has 5 heteroatoms. The van der Waals surface area contributed by atoms with E-state index in [9.17, 15) is 9.59 Å². The van der Waals surface area contributed by atoms with E-state index < -0.39 is 0 Å². The van der Waals surface area contributed by atoms with Gasteiger partial charge in [-0.3, -0.25) is 9.59 Å². The number of hydrogen-bond donors (Lipinski definition) is 3. The van der Waals surface area contributed by atoms with Gasteiger partial charge in [0.15, 0.2) is 0 Å².